The van der Waals surface area contributed by atoms with Crippen molar-refractivity contribution in [2.45, 2.75) is 73.9 Å². The normalized spacial score (nSPS) is 17.6. The maximum atomic E-state index is 3.70. The van der Waals surface area contributed by atoms with Crippen molar-refractivity contribution < 1.29 is 58.9 Å². The summed E-state index contributed by atoms with van der Waals surface area (Å²) in [5, 5.41) is 3.42. The summed E-state index contributed by atoms with van der Waals surface area (Å²) in [7, 11) is -1.70. The average molecular weight is 480 g/mol. The van der Waals surface area contributed by atoms with Crippen molar-refractivity contribution in [3.8, 4) is 0 Å². The molecule has 0 N–H and O–H groups in total. The van der Waals surface area contributed by atoms with Gasteiger partial charge in [0.25, 0.3) is 0 Å². The van der Waals surface area contributed by atoms with Gasteiger partial charge in [-0.15, -0.1) is 6.92 Å². The molecule has 150 valence electrons. The van der Waals surface area contributed by atoms with Crippen LogP contribution in [0, 0.1) is 32.8 Å². The molecule has 2 rings (SSSR count). The van der Waals surface area contributed by atoms with E-state index in [-0.39, 0.29) is 58.9 Å². The molecule has 0 fully saturated rings. The van der Waals surface area contributed by atoms with Crippen LogP contribution in [-0.2, 0) is 21.7 Å². The second kappa shape index (κ2) is 12.9. The van der Waals surface area contributed by atoms with Crippen molar-refractivity contribution >= 4 is 13.3 Å². The van der Waals surface area contributed by atoms with E-state index in [1.54, 1.807) is 10.4 Å². The molecule has 0 amide bonds. The summed E-state index contributed by atoms with van der Waals surface area (Å²) in [5.74, 6) is 0.489. The second-order valence-corrected chi connectivity index (χ2v) is 11.9. The van der Waals surface area contributed by atoms with Gasteiger partial charge in [0.05, 0.1) is 8.07 Å². The predicted octanol–water partition coefficient (Wildman–Crippen LogP) is -3.04. The zero-order valence-corrected chi connectivity index (χ0v) is 22.8. The fourth-order valence-electron chi connectivity index (χ4n) is 4.90. The van der Waals surface area contributed by atoms with Gasteiger partial charge in [-0.1, -0.05) is 86.1 Å². The Bertz CT molecular complexity index is 659. The smallest absolute Gasteiger partial charge is 1.00 e. The van der Waals surface area contributed by atoms with Gasteiger partial charge in [-0.2, -0.15) is 5.20 Å². The molecule has 0 saturated heterocycles. The number of benzene rings is 1. The van der Waals surface area contributed by atoms with E-state index >= 15 is 0 Å². The van der Waals surface area contributed by atoms with Crippen molar-refractivity contribution in [2.75, 3.05) is 0 Å². The van der Waals surface area contributed by atoms with Gasteiger partial charge in [-0.05, 0) is 20.8 Å². The van der Waals surface area contributed by atoms with Crippen LogP contribution in [0.1, 0.15) is 57.2 Å². The molecule has 0 saturated carbocycles. The summed E-state index contributed by atoms with van der Waals surface area (Å²) in [6.45, 7) is 18.7. The molecule has 0 spiro atoms. The van der Waals surface area contributed by atoms with Gasteiger partial charge in [-0.25, -0.2) is 11.1 Å². The van der Waals surface area contributed by atoms with E-state index in [0.29, 0.717) is 5.92 Å². The first kappa shape index (κ1) is 32.2. The maximum absolute atomic E-state index is 3.70. The van der Waals surface area contributed by atoms with Crippen LogP contribution in [0.2, 0.25) is 12.6 Å². The fourth-order valence-corrected chi connectivity index (χ4v) is 10.7. The average Bonchev–Trinajstić information content (AvgIpc) is 2.69. The minimum Gasteiger partial charge on any atom is -1.00 e. The van der Waals surface area contributed by atoms with E-state index in [4.69, 9.17) is 0 Å². The van der Waals surface area contributed by atoms with Crippen molar-refractivity contribution in [1.29, 1.82) is 0 Å². The van der Waals surface area contributed by atoms with E-state index in [1.165, 1.54) is 46.7 Å². The quantitative estimate of drug-likeness (QED) is 0.311. The molecule has 2 atom stereocenters. The minimum atomic E-state index is -1.70. The molecule has 27 heavy (non-hydrogen) atoms. The zero-order chi connectivity index (χ0) is 17.4. The second-order valence-electron chi connectivity index (χ2n) is 7.74. The van der Waals surface area contributed by atoms with Crippen LogP contribution >= 0.6 is 0 Å². The third-order valence-corrected chi connectivity index (χ3v) is 10.9. The molecule has 2 unspecified atom stereocenters. The molecular formula is C22H33Cl3SiTi. The van der Waals surface area contributed by atoms with Crippen molar-refractivity contribution in [3.63, 3.8) is 0 Å². The number of rotatable bonds is 5. The SMILES string of the molecule is CCCC[Si](C)(C1=C(C)C(C)=[C-]C1C)c1c(C)cc(C)cc1C.[Cl-].[Cl-].[Cl-].[Ti+4]. The van der Waals surface area contributed by atoms with Gasteiger partial charge in [-0.3, -0.25) is 6.08 Å². The van der Waals surface area contributed by atoms with E-state index in [1.807, 2.05) is 0 Å². The molecule has 0 nitrogen and oxygen atoms in total. The van der Waals surface area contributed by atoms with Gasteiger partial charge < -0.3 is 37.2 Å². The fraction of sp³-hybridized carbons (Fsp3) is 0.545. The molecule has 5 heteroatoms. The van der Waals surface area contributed by atoms with Crippen molar-refractivity contribution in [1.82, 2.24) is 0 Å². The Morgan fingerprint density at radius 3 is 1.81 bits per heavy atom. The van der Waals surface area contributed by atoms with Crippen molar-refractivity contribution in [2.24, 2.45) is 5.92 Å². The number of hydrogen-bond donors (Lipinski definition) is 0. The number of aryl methyl sites for hydroxylation is 3. The van der Waals surface area contributed by atoms with E-state index in [2.05, 4.69) is 73.2 Å². The summed E-state index contributed by atoms with van der Waals surface area (Å²) >= 11 is 0. The van der Waals surface area contributed by atoms with E-state index < -0.39 is 8.07 Å². The monoisotopic (exact) mass is 478 g/mol. The Hall–Kier alpha value is 0.501. The number of halogens is 3. The molecule has 0 aliphatic heterocycles. The third-order valence-electron chi connectivity index (χ3n) is 5.69. The van der Waals surface area contributed by atoms with Crippen LogP contribution in [0.15, 0.2) is 28.5 Å². The molecule has 1 aliphatic rings. The Balaban J connectivity index is -0.00000144. The van der Waals surface area contributed by atoms with Crippen LogP contribution in [0.5, 0.6) is 0 Å². The molecule has 0 bridgehead atoms. The third kappa shape index (κ3) is 6.49. The van der Waals surface area contributed by atoms with Crippen LogP contribution < -0.4 is 42.4 Å². The molecule has 1 aliphatic carbocycles. The van der Waals surface area contributed by atoms with Crippen molar-refractivity contribution in [3.05, 3.63) is 51.2 Å². The Morgan fingerprint density at radius 2 is 1.44 bits per heavy atom. The Kier molecular flexibility index (Phi) is 15.4. The molecule has 1 aromatic rings. The predicted molar refractivity (Wildman–Crippen MR) is 106 cm³/mol. The summed E-state index contributed by atoms with van der Waals surface area (Å²) in [6.07, 6.45) is 6.31. The molecule has 0 radical (unpaired) electrons. The topological polar surface area (TPSA) is 0 Å². The van der Waals surface area contributed by atoms with Crippen LogP contribution in [0.3, 0.4) is 0 Å². The summed E-state index contributed by atoms with van der Waals surface area (Å²) in [4.78, 5) is 0. The summed E-state index contributed by atoms with van der Waals surface area (Å²) in [5.41, 5.74) is 7.31. The number of unbranched alkanes of at least 4 members (excludes halogenated alkanes) is 1. The van der Waals surface area contributed by atoms with E-state index in [9.17, 15) is 0 Å². The van der Waals surface area contributed by atoms with Crippen LogP contribution in [0.25, 0.3) is 0 Å². The first-order valence-electron chi connectivity index (χ1n) is 9.12. The van der Waals surface area contributed by atoms with Gasteiger partial charge in [0.1, 0.15) is 0 Å². The first-order chi connectivity index (χ1) is 10.7. The van der Waals surface area contributed by atoms with Gasteiger partial charge in [0.2, 0.25) is 0 Å². The zero-order valence-electron chi connectivity index (χ0n) is 18.0. The molecule has 0 heterocycles. The van der Waals surface area contributed by atoms with Gasteiger partial charge >= 0.3 is 21.7 Å². The van der Waals surface area contributed by atoms with Gasteiger partial charge in [0, 0.05) is 0 Å². The Labute approximate surface area is 202 Å². The van der Waals surface area contributed by atoms with E-state index in [0.717, 1.165) is 0 Å². The summed E-state index contributed by atoms with van der Waals surface area (Å²) in [6, 6.07) is 6.14. The largest absolute Gasteiger partial charge is 4.00 e. The molecule has 0 aromatic heterocycles. The minimum absolute atomic E-state index is 0. The number of hydrogen-bond acceptors (Lipinski definition) is 0. The van der Waals surface area contributed by atoms with Crippen LogP contribution in [0.4, 0.5) is 0 Å². The van der Waals surface area contributed by atoms with Crippen LogP contribution in [-0.4, -0.2) is 8.07 Å². The molecule has 1 aromatic carbocycles. The molecular weight excluding hydrogens is 447 g/mol. The Morgan fingerprint density at radius 1 is 0.963 bits per heavy atom. The number of allylic oxidation sites excluding steroid dienone is 4. The first-order valence-corrected chi connectivity index (χ1v) is 11.8. The summed E-state index contributed by atoms with van der Waals surface area (Å²) < 4.78 is 0. The standard InChI is InChI=1S/C22H33Si.3ClH.Ti/c1-9-10-11-23(8,22-19(6)14-16(3)20(22)7)21-17(4)12-15(2)13-18(21)5;;;;/h12-13,19H,9-11H2,1-8H3;3*1H;/q-1;;;;+4/p-3. The maximum Gasteiger partial charge on any atom is 4.00 e. The van der Waals surface area contributed by atoms with Gasteiger partial charge in [0.15, 0.2) is 0 Å².